The van der Waals surface area contributed by atoms with Crippen molar-refractivity contribution in [1.29, 1.82) is 0 Å². The molecule has 2 heterocycles. The normalized spacial score (nSPS) is 19.5. The molecule has 0 bridgehead atoms. The van der Waals surface area contributed by atoms with Crippen molar-refractivity contribution in [2.75, 3.05) is 25.1 Å². The Bertz CT molecular complexity index is 1090. The second kappa shape index (κ2) is 8.22. The number of ether oxygens (including phenoxy) is 1. The van der Waals surface area contributed by atoms with Crippen LogP contribution in [0.5, 0.6) is 5.75 Å². The molecule has 162 valence electrons. The molecule has 5 heteroatoms. The maximum absolute atomic E-state index is 13.8. The summed E-state index contributed by atoms with van der Waals surface area (Å²) in [6, 6.07) is 11.6. The maximum Gasteiger partial charge on any atom is 0.282 e. The van der Waals surface area contributed by atoms with E-state index in [1.807, 2.05) is 51.1 Å². The number of amides is 2. The van der Waals surface area contributed by atoms with Gasteiger partial charge in [-0.15, -0.1) is 0 Å². The molecule has 0 aliphatic carbocycles. The van der Waals surface area contributed by atoms with Crippen LogP contribution in [0.1, 0.15) is 42.0 Å². The lowest BCUT2D eigenvalue weighted by molar-refractivity contribution is -0.120. The summed E-state index contributed by atoms with van der Waals surface area (Å²) in [7, 11) is 1.56. The zero-order chi connectivity index (χ0) is 22.3. The molecular weight excluding hydrogens is 388 g/mol. The highest BCUT2D eigenvalue weighted by Gasteiger charge is 2.44. The molecule has 0 saturated carbocycles. The summed E-state index contributed by atoms with van der Waals surface area (Å²) in [6.45, 7) is 9.74. The Morgan fingerprint density at radius 3 is 2.35 bits per heavy atom. The first-order valence-corrected chi connectivity index (χ1v) is 10.9. The summed E-state index contributed by atoms with van der Waals surface area (Å²) in [5, 5.41) is 0. The van der Waals surface area contributed by atoms with Gasteiger partial charge in [0.15, 0.2) is 0 Å². The molecule has 2 aromatic carbocycles. The molecule has 0 radical (unpaired) electrons. The van der Waals surface area contributed by atoms with E-state index in [-0.39, 0.29) is 11.8 Å². The summed E-state index contributed by atoms with van der Waals surface area (Å²) in [4.78, 5) is 31.1. The Balaban J connectivity index is 1.90. The first kappa shape index (κ1) is 21.2. The van der Waals surface area contributed by atoms with Crippen LogP contribution in [0.4, 0.5) is 5.69 Å². The molecule has 1 saturated heterocycles. The largest absolute Gasteiger partial charge is 0.495 e. The zero-order valence-corrected chi connectivity index (χ0v) is 19.0. The molecular formula is C26H30N2O3. The van der Waals surface area contributed by atoms with E-state index in [4.69, 9.17) is 4.74 Å². The van der Waals surface area contributed by atoms with Crippen molar-refractivity contribution >= 4 is 23.1 Å². The highest BCUT2D eigenvalue weighted by Crippen LogP contribution is 2.40. The molecule has 0 N–H and O–H groups in total. The van der Waals surface area contributed by atoms with Crippen molar-refractivity contribution in [2.45, 2.75) is 40.5 Å². The predicted molar refractivity (Wildman–Crippen MR) is 123 cm³/mol. The molecule has 1 fully saturated rings. The molecule has 2 aliphatic rings. The lowest BCUT2D eigenvalue weighted by Gasteiger charge is -2.33. The highest BCUT2D eigenvalue weighted by atomic mass is 16.5. The van der Waals surface area contributed by atoms with Crippen LogP contribution in [0.3, 0.4) is 0 Å². The topological polar surface area (TPSA) is 49.9 Å². The van der Waals surface area contributed by atoms with Crippen LogP contribution in [0.15, 0.2) is 42.1 Å². The van der Waals surface area contributed by atoms with Gasteiger partial charge < -0.3 is 9.64 Å². The fourth-order valence-electron chi connectivity index (χ4n) is 4.73. The number of hydrogen-bond donors (Lipinski definition) is 0. The summed E-state index contributed by atoms with van der Waals surface area (Å²) in [5.41, 5.74) is 5.43. The van der Waals surface area contributed by atoms with Crippen LogP contribution >= 0.6 is 0 Å². The van der Waals surface area contributed by atoms with Gasteiger partial charge in [-0.05, 0) is 68.4 Å². The standard InChI is InChI=1S/C26H30N2O3/c1-16-8-10-20(19(4)13-16)23-24(27-12-6-7-18(3)15-27)26(30)28(25(23)29)21-14-17(2)9-11-22(21)31-5/h8-11,13-14,18H,6-7,12,15H2,1-5H3. The number of piperidine rings is 1. The van der Waals surface area contributed by atoms with Gasteiger partial charge in [0.1, 0.15) is 11.4 Å². The van der Waals surface area contributed by atoms with Crippen molar-refractivity contribution in [3.63, 3.8) is 0 Å². The molecule has 0 aromatic heterocycles. The molecule has 1 atom stereocenters. The van der Waals surface area contributed by atoms with Gasteiger partial charge in [0.2, 0.25) is 0 Å². The SMILES string of the molecule is COc1ccc(C)cc1N1C(=O)C(c2ccc(C)cc2C)=C(N2CCCC(C)C2)C1=O. The fraction of sp³-hybridized carbons (Fsp3) is 0.385. The average Bonchev–Trinajstić information content (AvgIpc) is 2.98. The van der Waals surface area contributed by atoms with E-state index < -0.39 is 0 Å². The van der Waals surface area contributed by atoms with Gasteiger partial charge in [-0.3, -0.25) is 9.59 Å². The van der Waals surface area contributed by atoms with E-state index in [1.165, 1.54) is 4.90 Å². The Labute approximate surface area is 184 Å². The third-order valence-corrected chi connectivity index (χ3v) is 6.26. The molecule has 2 aromatic rings. The van der Waals surface area contributed by atoms with Crippen molar-refractivity contribution < 1.29 is 14.3 Å². The van der Waals surface area contributed by atoms with E-state index >= 15 is 0 Å². The van der Waals surface area contributed by atoms with Gasteiger partial charge in [0.25, 0.3) is 11.8 Å². The predicted octanol–water partition coefficient (Wildman–Crippen LogP) is 4.64. The number of aryl methyl sites for hydroxylation is 3. The van der Waals surface area contributed by atoms with Gasteiger partial charge in [-0.25, -0.2) is 4.90 Å². The Morgan fingerprint density at radius 1 is 0.968 bits per heavy atom. The van der Waals surface area contributed by atoms with Gasteiger partial charge in [-0.2, -0.15) is 0 Å². The van der Waals surface area contributed by atoms with Crippen LogP contribution in [0, 0.1) is 26.7 Å². The molecule has 31 heavy (non-hydrogen) atoms. The average molecular weight is 419 g/mol. The summed E-state index contributed by atoms with van der Waals surface area (Å²) >= 11 is 0. The van der Waals surface area contributed by atoms with Crippen LogP contribution in [-0.4, -0.2) is 36.9 Å². The second-order valence-corrected chi connectivity index (χ2v) is 8.86. The minimum Gasteiger partial charge on any atom is -0.495 e. The maximum atomic E-state index is 13.8. The van der Waals surface area contributed by atoms with E-state index in [0.29, 0.717) is 28.6 Å². The molecule has 2 amide bonds. The summed E-state index contributed by atoms with van der Waals surface area (Å²) in [6.07, 6.45) is 2.15. The summed E-state index contributed by atoms with van der Waals surface area (Å²) < 4.78 is 5.51. The molecule has 5 nitrogen and oxygen atoms in total. The molecule has 1 unspecified atom stereocenters. The third-order valence-electron chi connectivity index (χ3n) is 6.26. The Morgan fingerprint density at radius 2 is 1.68 bits per heavy atom. The molecule has 2 aliphatic heterocycles. The minimum absolute atomic E-state index is 0.266. The fourth-order valence-corrected chi connectivity index (χ4v) is 4.73. The molecule has 0 spiro atoms. The van der Waals surface area contributed by atoms with Gasteiger partial charge in [0.05, 0.1) is 18.4 Å². The van der Waals surface area contributed by atoms with Crippen molar-refractivity contribution in [2.24, 2.45) is 5.92 Å². The molecule has 4 rings (SSSR count). The van der Waals surface area contributed by atoms with E-state index in [0.717, 1.165) is 48.2 Å². The van der Waals surface area contributed by atoms with Crippen molar-refractivity contribution in [1.82, 2.24) is 4.90 Å². The van der Waals surface area contributed by atoms with E-state index in [1.54, 1.807) is 7.11 Å². The van der Waals surface area contributed by atoms with Gasteiger partial charge in [-0.1, -0.05) is 36.8 Å². The van der Waals surface area contributed by atoms with Crippen LogP contribution in [-0.2, 0) is 9.59 Å². The number of hydrogen-bond acceptors (Lipinski definition) is 4. The van der Waals surface area contributed by atoms with Gasteiger partial charge in [0, 0.05) is 13.1 Å². The highest BCUT2D eigenvalue weighted by molar-refractivity contribution is 6.45. The van der Waals surface area contributed by atoms with Crippen LogP contribution in [0.25, 0.3) is 5.57 Å². The van der Waals surface area contributed by atoms with Crippen molar-refractivity contribution in [3.8, 4) is 5.75 Å². The van der Waals surface area contributed by atoms with E-state index in [2.05, 4.69) is 17.9 Å². The summed E-state index contributed by atoms with van der Waals surface area (Å²) in [5.74, 6) is 0.444. The van der Waals surface area contributed by atoms with Gasteiger partial charge >= 0.3 is 0 Å². The number of nitrogens with zero attached hydrogens (tertiary/aromatic N) is 2. The number of methoxy groups -OCH3 is 1. The number of rotatable bonds is 4. The second-order valence-electron chi connectivity index (χ2n) is 8.86. The number of benzene rings is 2. The first-order chi connectivity index (χ1) is 14.8. The minimum atomic E-state index is -0.283. The Kier molecular flexibility index (Phi) is 5.61. The number of anilines is 1. The number of carbonyl (C=O) groups excluding carboxylic acids is 2. The lowest BCUT2D eigenvalue weighted by Crippen LogP contribution is -2.39. The first-order valence-electron chi connectivity index (χ1n) is 10.9. The third kappa shape index (κ3) is 3.73. The number of imide groups is 1. The Hall–Kier alpha value is -3.08. The van der Waals surface area contributed by atoms with Crippen molar-refractivity contribution in [3.05, 3.63) is 64.3 Å². The van der Waals surface area contributed by atoms with Crippen LogP contribution < -0.4 is 9.64 Å². The number of likely N-dealkylation sites (tertiary alicyclic amines) is 1. The zero-order valence-electron chi connectivity index (χ0n) is 19.0. The van der Waals surface area contributed by atoms with E-state index in [9.17, 15) is 9.59 Å². The quantitative estimate of drug-likeness (QED) is 0.679. The lowest BCUT2D eigenvalue weighted by atomic mass is 9.95. The number of carbonyl (C=O) groups is 2. The monoisotopic (exact) mass is 418 g/mol. The smallest absolute Gasteiger partial charge is 0.282 e. The van der Waals surface area contributed by atoms with Crippen LogP contribution in [0.2, 0.25) is 0 Å².